The van der Waals surface area contributed by atoms with Crippen LogP contribution in [0, 0.1) is 0 Å². The number of fused-ring (bicyclic) bond motifs is 1. The van der Waals surface area contributed by atoms with E-state index in [0.29, 0.717) is 22.9 Å². The standard InChI is InChI=1S/C25H17F3N4O2S/c26-25(27,28)17-5-3-16(4-6-17)14-21(33)31-18-7-9-19(10-8-18)34-24-20-11-12-32(22-2-1-13-35-22)23(20)29-15-30-24/h1-13,15H,14H2,(H,31,33). The Kier molecular flexibility index (Phi) is 5.96. The van der Waals surface area contributed by atoms with Crippen LogP contribution in [0.4, 0.5) is 18.9 Å². The second kappa shape index (κ2) is 9.22. The first-order valence-corrected chi connectivity index (χ1v) is 11.3. The van der Waals surface area contributed by atoms with Gasteiger partial charge in [0.05, 0.1) is 17.4 Å². The molecule has 1 N–H and O–H groups in total. The average Bonchev–Trinajstić information content (AvgIpc) is 3.50. The normalized spacial score (nSPS) is 11.5. The number of nitrogens with one attached hydrogen (secondary N) is 1. The van der Waals surface area contributed by atoms with Crippen molar-refractivity contribution < 1.29 is 22.7 Å². The van der Waals surface area contributed by atoms with Crippen LogP contribution in [0.25, 0.3) is 16.0 Å². The van der Waals surface area contributed by atoms with Crippen LogP contribution in [0.15, 0.2) is 84.6 Å². The first-order valence-electron chi connectivity index (χ1n) is 10.5. The van der Waals surface area contributed by atoms with Crippen LogP contribution >= 0.6 is 11.3 Å². The van der Waals surface area contributed by atoms with Crippen LogP contribution in [0.2, 0.25) is 0 Å². The summed E-state index contributed by atoms with van der Waals surface area (Å²) >= 11 is 1.60. The zero-order chi connectivity index (χ0) is 24.4. The molecule has 1 amide bonds. The average molecular weight is 494 g/mol. The summed E-state index contributed by atoms with van der Waals surface area (Å²) in [6, 6.07) is 17.1. The topological polar surface area (TPSA) is 69.0 Å². The number of amides is 1. The number of hydrogen-bond acceptors (Lipinski definition) is 5. The van der Waals surface area contributed by atoms with Crippen LogP contribution in [-0.2, 0) is 17.4 Å². The third-order valence-corrected chi connectivity index (χ3v) is 6.05. The van der Waals surface area contributed by atoms with Crippen molar-refractivity contribution in [3.8, 4) is 16.6 Å². The van der Waals surface area contributed by atoms with Crippen LogP contribution in [0.1, 0.15) is 11.1 Å². The molecule has 2 aromatic carbocycles. The second-order valence-corrected chi connectivity index (χ2v) is 8.53. The van der Waals surface area contributed by atoms with Gasteiger partial charge in [-0.05, 0) is 65.5 Å². The zero-order valence-electron chi connectivity index (χ0n) is 18.0. The number of ether oxygens (including phenoxy) is 1. The number of nitrogens with zero attached hydrogens (tertiary/aromatic N) is 3. The van der Waals surface area contributed by atoms with Crippen LogP contribution in [0.5, 0.6) is 11.6 Å². The highest BCUT2D eigenvalue weighted by atomic mass is 32.1. The third kappa shape index (κ3) is 5.02. The molecule has 0 unspecified atom stereocenters. The fourth-order valence-electron chi connectivity index (χ4n) is 3.51. The SMILES string of the molecule is O=C(Cc1ccc(C(F)(F)F)cc1)Nc1ccc(Oc2ncnc3c2ccn3-c2cccs2)cc1. The quantitative estimate of drug-likeness (QED) is 0.294. The molecule has 35 heavy (non-hydrogen) atoms. The van der Waals surface area contributed by atoms with E-state index in [1.54, 1.807) is 35.6 Å². The minimum absolute atomic E-state index is 0.0451. The minimum atomic E-state index is -4.41. The highest BCUT2D eigenvalue weighted by Gasteiger charge is 2.30. The molecule has 5 rings (SSSR count). The lowest BCUT2D eigenvalue weighted by molar-refractivity contribution is -0.137. The summed E-state index contributed by atoms with van der Waals surface area (Å²) in [7, 11) is 0. The van der Waals surface area contributed by atoms with E-state index in [-0.39, 0.29) is 12.3 Å². The molecule has 0 saturated carbocycles. The highest BCUT2D eigenvalue weighted by molar-refractivity contribution is 7.12. The molecule has 3 aromatic heterocycles. The van der Waals surface area contributed by atoms with E-state index < -0.39 is 11.7 Å². The summed E-state index contributed by atoms with van der Waals surface area (Å²) < 4.78 is 45.9. The number of halogens is 3. The Balaban J connectivity index is 1.24. The van der Waals surface area contributed by atoms with Gasteiger partial charge in [-0.25, -0.2) is 9.97 Å². The minimum Gasteiger partial charge on any atom is -0.438 e. The predicted octanol–water partition coefficient (Wildman–Crippen LogP) is 6.47. The Morgan fingerprint density at radius 3 is 2.46 bits per heavy atom. The molecule has 0 atom stereocenters. The number of carbonyl (C=O) groups excluding carboxylic acids is 1. The first kappa shape index (κ1) is 22.6. The number of carbonyl (C=O) groups is 1. The number of rotatable bonds is 6. The molecule has 5 aromatic rings. The molecule has 0 spiro atoms. The van der Waals surface area contributed by atoms with Gasteiger partial charge in [-0.3, -0.25) is 9.36 Å². The van der Waals surface area contributed by atoms with Gasteiger partial charge in [0.25, 0.3) is 0 Å². The van der Waals surface area contributed by atoms with Crippen molar-refractivity contribution in [2.45, 2.75) is 12.6 Å². The molecule has 0 aliphatic rings. The smallest absolute Gasteiger partial charge is 0.416 e. The summed E-state index contributed by atoms with van der Waals surface area (Å²) in [6.07, 6.45) is -1.10. The number of anilines is 1. The van der Waals surface area contributed by atoms with E-state index in [4.69, 9.17) is 4.74 Å². The first-order chi connectivity index (χ1) is 16.9. The van der Waals surface area contributed by atoms with Gasteiger partial charge in [-0.2, -0.15) is 13.2 Å². The second-order valence-electron chi connectivity index (χ2n) is 7.60. The summed E-state index contributed by atoms with van der Waals surface area (Å²) in [5.41, 5.74) is 0.995. The van der Waals surface area contributed by atoms with Crippen molar-refractivity contribution in [1.82, 2.24) is 14.5 Å². The van der Waals surface area contributed by atoms with Crippen molar-refractivity contribution in [2.24, 2.45) is 0 Å². The van der Waals surface area contributed by atoms with Crippen molar-refractivity contribution in [2.75, 3.05) is 5.32 Å². The largest absolute Gasteiger partial charge is 0.438 e. The van der Waals surface area contributed by atoms with Gasteiger partial charge in [-0.1, -0.05) is 12.1 Å². The molecular weight excluding hydrogens is 477 g/mol. The van der Waals surface area contributed by atoms with Crippen molar-refractivity contribution in [1.29, 1.82) is 0 Å². The number of aromatic nitrogens is 3. The Morgan fingerprint density at radius 2 is 1.77 bits per heavy atom. The maximum Gasteiger partial charge on any atom is 0.416 e. The number of benzene rings is 2. The van der Waals surface area contributed by atoms with Crippen molar-refractivity contribution in [3.05, 3.63) is 95.8 Å². The summed E-state index contributed by atoms with van der Waals surface area (Å²) in [5.74, 6) is 0.588. The summed E-state index contributed by atoms with van der Waals surface area (Å²) in [6.45, 7) is 0. The van der Waals surface area contributed by atoms with E-state index in [1.165, 1.54) is 18.5 Å². The van der Waals surface area contributed by atoms with Crippen LogP contribution < -0.4 is 10.1 Å². The molecular formula is C25H17F3N4O2S. The van der Waals surface area contributed by atoms with E-state index in [0.717, 1.165) is 28.2 Å². The third-order valence-electron chi connectivity index (χ3n) is 5.19. The lowest BCUT2D eigenvalue weighted by Crippen LogP contribution is -2.14. The van der Waals surface area contributed by atoms with Crippen molar-refractivity contribution in [3.63, 3.8) is 0 Å². The van der Waals surface area contributed by atoms with E-state index in [2.05, 4.69) is 15.3 Å². The van der Waals surface area contributed by atoms with Gasteiger partial charge in [0.2, 0.25) is 11.8 Å². The Hall–Kier alpha value is -4.18. The Morgan fingerprint density at radius 1 is 1.00 bits per heavy atom. The van der Waals surface area contributed by atoms with E-state index in [9.17, 15) is 18.0 Å². The Labute approximate surface area is 201 Å². The highest BCUT2D eigenvalue weighted by Crippen LogP contribution is 2.31. The number of thiophene rings is 1. The fourth-order valence-corrected chi connectivity index (χ4v) is 4.23. The molecule has 176 valence electrons. The lowest BCUT2D eigenvalue weighted by atomic mass is 10.1. The van der Waals surface area contributed by atoms with Gasteiger partial charge >= 0.3 is 6.18 Å². The number of alkyl halides is 3. The summed E-state index contributed by atoms with van der Waals surface area (Å²) in [4.78, 5) is 20.9. The van der Waals surface area contributed by atoms with Crippen molar-refractivity contribution >= 4 is 34.0 Å². The molecule has 10 heteroatoms. The maximum atomic E-state index is 12.7. The van der Waals surface area contributed by atoms with Gasteiger partial charge in [0, 0.05) is 11.9 Å². The van der Waals surface area contributed by atoms with Gasteiger partial charge in [0.1, 0.15) is 17.1 Å². The lowest BCUT2D eigenvalue weighted by Gasteiger charge is -2.09. The molecule has 0 bridgehead atoms. The van der Waals surface area contributed by atoms with Gasteiger partial charge < -0.3 is 10.1 Å². The molecule has 0 saturated heterocycles. The van der Waals surface area contributed by atoms with E-state index >= 15 is 0 Å². The zero-order valence-corrected chi connectivity index (χ0v) is 18.8. The molecule has 3 heterocycles. The monoisotopic (exact) mass is 494 g/mol. The van der Waals surface area contributed by atoms with Gasteiger partial charge in [-0.15, -0.1) is 11.3 Å². The maximum absolute atomic E-state index is 12.7. The Bertz CT molecular complexity index is 1460. The van der Waals surface area contributed by atoms with Crippen LogP contribution in [0.3, 0.4) is 0 Å². The molecule has 0 radical (unpaired) electrons. The van der Waals surface area contributed by atoms with E-state index in [1.807, 2.05) is 34.3 Å². The molecule has 0 aliphatic heterocycles. The van der Waals surface area contributed by atoms with Gasteiger partial charge in [0.15, 0.2) is 5.65 Å². The number of hydrogen-bond donors (Lipinski definition) is 1. The molecule has 0 fully saturated rings. The predicted molar refractivity (Wildman–Crippen MR) is 127 cm³/mol. The van der Waals surface area contributed by atoms with Crippen LogP contribution in [-0.4, -0.2) is 20.4 Å². The summed E-state index contributed by atoms with van der Waals surface area (Å²) in [5, 5.41) is 6.51. The molecule has 6 nitrogen and oxygen atoms in total. The molecule has 0 aliphatic carbocycles. The fraction of sp³-hybridized carbons (Fsp3) is 0.0800.